The lowest BCUT2D eigenvalue weighted by Gasteiger charge is -2.15. The van der Waals surface area contributed by atoms with E-state index in [1.54, 1.807) is 29.6 Å². The highest BCUT2D eigenvalue weighted by Crippen LogP contribution is 2.30. The predicted octanol–water partition coefficient (Wildman–Crippen LogP) is 3.82. The summed E-state index contributed by atoms with van der Waals surface area (Å²) in [4.78, 5) is 46.1. The van der Waals surface area contributed by atoms with Gasteiger partial charge in [-0.2, -0.15) is 0 Å². The summed E-state index contributed by atoms with van der Waals surface area (Å²) in [5.74, 6) is -0.838. The fourth-order valence-electron chi connectivity index (χ4n) is 3.75. The highest BCUT2D eigenvalue weighted by molar-refractivity contribution is 7.09. The number of hydrogen-bond acceptors (Lipinski definition) is 8. The van der Waals surface area contributed by atoms with E-state index in [2.05, 4.69) is 30.7 Å². The number of halogens is 1. The predicted molar refractivity (Wildman–Crippen MR) is 126 cm³/mol. The number of pyridine rings is 1. The highest BCUT2D eigenvalue weighted by Gasteiger charge is 2.27. The van der Waals surface area contributed by atoms with Gasteiger partial charge in [-0.1, -0.05) is 12.1 Å². The molecule has 176 valence electrons. The molecule has 9 nitrogen and oxygen atoms in total. The standard InChI is InChI=1S/C23H23FN6O3S/c24-16-4-3-9-25-19(16)12-26-22(32)20-14-34-23(28-20)15-7-10-30(13-15)11-8-21(31)27-17-5-1-2-6-18(17)29-33/h1-6,9,14-15H,7-8,10-13H2,(H,26,32)(H,27,31). The summed E-state index contributed by atoms with van der Waals surface area (Å²) in [5, 5.41) is 10.9. The zero-order valence-corrected chi connectivity index (χ0v) is 19.1. The summed E-state index contributed by atoms with van der Waals surface area (Å²) in [6, 6.07) is 9.40. The third-order valence-corrected chi connectivity index (χ3v) is 6.57. The number of likely N-dealkylation sites (tertiary alicyclic amines) is 1. The molecule has 3 heterocycles. The van der Waals surface area contributed by atoms with Crippen LogP contribution in [0.1, 0.15) is 39.9 Å². The molecule has 1 aliphatic rings. The zero-order valence-electron chi connectivity index (χ0n) is 18.2. The fourth-order valence-corrected chi connectivity index (χ4v) is 4.68. The number of rotatable bonds is 9. The minimum absolute atomic E-state index is 0.00891. The first kappa shape index (κ1) is 23.6. The van der Waals surface area contributed by atoms with Gasteiger partial charge in [0, 0.05) is 37.0 Å². The molecule has 2 aromatic heterocycles. The van der Waals surface area contributed by atoms with E-state index in [4.69, 9.17) is 0 Å². The number of nitrogens with one attached hydrogen (secondary N) is 2. The number of hydrogen-bond donors (Lipinski definition) is 2. The third-order valence-electron chi connectivity index (χ3n) is 5.56. The molecular formula is C23H23FN6O3S. The van der Waals surface area contributed by atoms with Crippen LogP contribution in [0.2, 0.25) is 0 Å². The minimum Gasteiger partial charge on any atom is -0.345 e. The van der Waals surface area contributed by atoms with Crippen LogP contribution in [0.4, 0.5) is 15.8 Å². The number of nitrogens with zero attached hydrogens (tertiary/aromatic N) is 4. The van der Waals surface area contributed by atoms with Crippen LogP contribution in [0.3, 0.4) is 0 Å². The summed E-state index contributed by atoms with van der Waals surface area (Å²) in [6.45, 7) is 2.14. The Kier molecular flexibility index (Phi) is 7.65. The number of nitroso groups, excluding NO2 is 1. The van der Waals surface area contributed by atoms with Crippen molar-refractivity contribution >= 4 is 34.5 Å². The molecule has 0 spiro atoms. The molecule has 3 aromatic rings. The summed E-state index contributed by atoms with van der Waals surface area (Å²) in [7, 11) is 0. The van der Waals surface area contributed by atoms with E-state index in [9.17, 15) is 18.9 Å². The molecule has 0 saturated carbocycles. The smallest absolute Gasteiger partial charge is 0.271 e. The number of benzene rings is 1. The molecule has 4 rings (SSSR count). The van der Waals surface area contributed by atoms with Gasteiger partial charge in [-0.3, -0.25) is 14.6 Å². The van der Waals surface area contributed by atoms with Gasteiger partial charge in [-0.05, 0) is 42.4 Å². The van der Waals surface area contributed by atoms with Crippen LogP contribution in [0, 0.1) is 10.7 Å². The molecule has 0 radical (unpaired) electrons. The molecule has 1 saturated heterocycles. The highest BCUT2D eigenvalue weighted by atomic mass is 32.1. The van der Waals surface area contributed by atoms with Crippen LogP contribution in [-0.4, -0.2) is 46.3 Å². The molecule has 11 heteroatoms. The van der Waals surface area contributed by atoms with Crippen molar-refractivity contribution in [3.05, 3.63) is 75.1 Å². The molecule has 1 unspecified atom stereocenters. The average Bonchev–Trinajstić information content (AvgIpc) is 3.52. The topological polar surface area (TPSA) is 117 Å². The molecule has 0 bridgehead atoms. The van der Waals surface area contributed by atoms with E-state index in [0.717, 1.165) is 24.5 Å². The average molecular weight is 483 g/mol. The largest absolute Gasteiger partial charge is 0.345 e. The molecule has 2 amide bonds. The van der Waals surface area contributed by atoms with Gasteiger partial charge in [0.05, 0.1) is 22.9 Å². The van der Waals surface area contributed by atoms with Crippen molar-refractivity contribution in [1.82, 2.24) is 20.2 Å². The lowest BCUT2D eigenvalue weighted by Crippen LogP contribution is -2.26. The summed E-state index contributed by atoms with van der Waals surface area (Å²) in [6.07, 6.45) is 2.64. The monoisotopic (exact) mass is 482 g/mol. The molecule has 2 N–H and O–H groups in total. The Balaban J connectivity index is 1.24. The SMILES string of the molecule is O=Nc1ccccc1NC(=O)CCN1CCC(c2nc(C(=O)NCc3ncccc3F)cs2)C1. The number of carbonyl (C=O) groups is 2. The van der Waals surface area contributed by atoms with Crippen molar-refractivity contribution in [2.75, 3.05) is 25.0 Å². The lowest BCUT2D eigenvalue weighted by molar-refractivity contribution is -0.116. The number of anilines is 1. The van der Waals surface area contributed by atoms with Crippen molar-refractivity contribution in [3.63, 3.8) is 0 Å². The zero-order chi connectivity index (χ0) is 23.9. The number of para-hydroxylation sites is 1. The number of aromatic nitrogens is 2. The van der Waals surface area contributed by atoms with Gasteiger partial charge in [0.15, 0.2) is 0 Å². The van der Waals surface area contributed by atoms with E-state index in [1.165, 1.54) is 29.7 Å². The van der Waals surface area contributed by atoms with Gasteiger partial charge in [0.2, 0.25) is 5.91 Å². The van der Waals surface area contributed by atoms with Gasteiger partial charge in [0.1, 0.15) is 17.2 Å². The second kappa shape index (κ2) is 11.0. The normalized spacial score (nSPS) is 15.7. The molecule has 0 aliphatic carbocycles. The van der Waals surface area contributed by atoms with Gasteiger partial charge in [-0.15, -0.1) is 16.2 Å². The minimum atomic E-state index is -0.467. The number of carbonyl (C=O) groups excluding carboxylic acids is 2. The van der Waals surface area contributed by atoms with E-state index in [1.807, 2.05) is 0 Å². The quantitative estimate of drug-likeness (QED) is 0.448. The van der Waals surface area contributed by atoms with Crippen LogP contribution < -0.4 is 10.6 Å². The Morgan fingerprint density at radius 2 is 2.09 bits per heavy atom. The van der Waals surface area contributed by atoms with Gasteiger partial charge in [-0.25, -0.2) is 9.37 Å². The molecular weight excluding hydrogens is 459 g/mol. The summed E-state index contributed by atoms with van der Waals surface area (Å²) in [5.41, 5.74) is 1.08. The van der Waals surface area contributed by atoms with Crippen molar-refractivity contribution in [3.8, 4) is 0 Å². The Labute approximate surface area is 199 Å². The van der Waals surface area contributed by atoms with E-state index >= 15 is 0 Å². The van der Waals surface area contributed by atoms with Crippen molar-refractivity contribution in [1.29, 1.82) is 0 Å². The van der Waals surface area contributed by atoms with E-state index in [-0.39, 0.29) is 42.1 Å². The second-order valence-corrected chi connectivity index (χ2v) is 8.77. The van der Waals surface area contributed by atoms with Crippen LogP contribution in [0.15, 0.2) is 53.2 Å². The van der Waals surface area contributed by atoms with Crippen LogP contribution in [0.5, 0.6) is 0 Å². The van der Waals surface area contributed by atoms with E-state index in [0.29, 0.717) is 17.9 Å². The summed E-state index contributed by atoms with van der Waals surface area (Å²) < 4.78 is 13.7. The lowest BCUT2D eigenvalue weighted by atomic mass is 10.1. The number of amides is 2. The molecule has 1 atom stereocenters. The van der Waals surface area contributed by atoms with Gasteiger partial charge in [0.25, 0.3) is 5.91 Å². The first-order valence-electron chi connectivity index (χ1n) is 10.8. The van der Waals surface area contributed by atoms with E-state index < -0.39 is 5.82 Å². The maximum absolute atomic E-state index is 13.7. The molecule has 34 heavy (non-hydrogen) atoms. The van der Waals surface area contributed by atoms with Crippen molar-refractivity contribution < 1.29 is 14.0 Å². The molecule has 1 aromatic carbocycles. The maximum Gasteiger partial charge on any atom is 0.271 e. The van der Waals surface area contributed by atoms with Crippen LogP contribution >= 0.6 is 11.3 Å². The third kappa shape index (κ3) is 5.86. The van der Waals surface area contributed by atoms with Crippen LogP contribution in [0.25, 0.3) is 0 Å². The molecule has 1 aliphatic heterocycles. The Morgan fingerprint density at radius 1 is 1.24 bits per heavy atom. The van der Waals surface area contributed by atoms with Gasteiger partial charge >= 0.3 is 0 Å². The van der Waals surface area contributed by atoms with Crippen molar-refractivity contribution in [2.24, 2.45) is 5.18 Å². The Hall–Kier alpha value is -3.57. The first-order valence-corrected chi connectivity index (χ1v) is 11.7. The van der Waals surface area contributed by atoms with Crippen molar-refractivity contribution in [2.45, 2.75) is 25.3 Å². The van der Waals surface area contributed by atoms with Crippen LogP contribution in [-0.2, 0) is 11.3 Å². The molecule has 1 fully saturated rings. The maximum atomic E-state index is 13.7. The first-order chi connectivity index (χ1) is 16.5. The number of thiazole rings is 1. The summed E-state index contributed by atoms with van der Waals surface area (Å²) >= 11 is 1.42. The fraction of sp³-hybridized carbons (Fsp3) is 0.304. The Bertz CT molecular complexity index is 1190. The second-order valence-electron chi connectivity index (χ2n) is 7.88. The van der Waals surface area contributed by atoms with Gasteiger partial charge < -0.3 is 15.5 Å². The Morgan fingerprint density at radius 3 is 2.91 bits per heavy atom.